The molecule has 0 aliphatic carbocycles. The molecule has 0 saturated carbocycles. The van der Waals surface area contributed by atoms with Gasteiger partial charge in [-0.1, -0.05) is 0 Å². The largest absolute Gasteiger partial charge is 0.390 e. The van der Waals surface area contributed by atoms with Gasteiger partial charge in [0.25, 0.3) is 0 Å². The molecule has 2 heterocycles. The third kappa shape index (κ3) is 3.28. The van der Waals surface area contributed by atoms with Gasteiger partial charge in [-0.2, -0.15) is 0 Å². The molecule has 1 aliphatic rings. The lowest BCUT2D eigenvalue weighted by Crippen LogP contribution is -2.28. The number of hydrogen-bond donors (Lipinski definition) is 2. The fraction of sp³-hybridized carbons (Fsp3) is 0.692. The molecule has 0 aromatic carbocycles. The molecule has 1 aromatic heterocycles. The first-order valence-corrected chi connectivity index (χ1v) is 7.55. The first kappa shape index (κ1) is 15.2. The molecule has 20 heavy (non-hydrogen) atoms. The number of hydrogen-bond acceptors (Lipinski definition) is 6. The molecule has 7 heteroatoms. The third-order valence-electron chi connectivity index (χ3n) is 3.67. The molecule has 2 rings (SSSR count). The normalized spacial score (nSPS) is 25.3. The Morgan fingerprint density at radius 1 is 1.50 bits per heavy atom. The maximum Gasteiger partial charge on any atom is 0.304 e. The molecule has 2 N–H and O–H groups in total. The van der Waals surface area contributed by atoms with Gasteiger partial charge in [0, 0.05) is 24.0 Å². The first-order valence-electron chi connectivity index (χ1n) is 6.74. The van der Waals surface area contributed by atoms with E-state index in [1.807, 2.05) is 4.90 Å². The second-order valence-electron chi connectivity index (χ2n) is 5.61. The smallest absolute Gasteiger partial charge is 0.304 e. The van der Waals surface area contributed by atoms with Gasteiger partial charge in [0.1, 0.15) is 0 Å². The van der Waals surface area contributed by atoms with Gasteiger partial charge in [0.15, 0.2) is 5.00 Å². The van der Waals surface area contributed by atoms with Gasteiger partial charge in [-0.25, -0.2) is 0 Å². The number of nitro groups is 1. The molecule has 0 bridgehead atoms. The summed E-state index contributed by atoms with van der Waals surface area (Å²) in [5.74, 6) is 0. The highest BCUT2D eigenvalue weighted by Gasteiger charge is 2.30. The van der Waals surface area contributed by atoms with E-state index in [9.17, 15) is 20.3 Å². The van der Waals surface area contributed by atoms with Crippen LogP contribution in [0.1, 0.15) is 44.1 Å². The molecule has 0 spiro atoms. The zero-order valence-corrected chi connectivity index (χ0v) is 12.5. The molecule has 1 unspecified atom stereocenters. The predicted octanol–water partition coefficient (Wildman–Crippen LogP) is 2.45. The van der Waals surface area contributed by atoms with Crippen molar-refractivity contribution in [2.24, 2.45) is 0 Å². The van der Waals surface area contributed by atoms with E-state index >= 15 is 0 Å². The first-order chi connectivity index (χ1) is 9.30. The summed E-state index contributed by atoms with van der Waals surface area (Å²) < 4.78 is 0. The van der Waals surface area contributed by atoms with E-state index in [0.29, 0.717) is 35.8 Å². The van der Waals surface area contributed by atoms with Crippen LogP contribution in [0.15, 0.2) is 6.07 Å². The molecule has 112 valence electrons. The number of anilines is 1. The van der Waals surface area contributed by atoms with Crippen molar-refractivity contribution in [1.82, 2.24) is 0 Å². The van der Waals surface area contributed by atoms with Gasteiger partial charge >= 0.3 is 5.69 Å². The fourth-order valence-electron chi connectivity index (χ4n) is 2.42. The van der Waals surface area contributed by atoms with Gasteiger partial charge in [-0.15, -0.1) is 11.3 Å². The maximum atomic E-state index is 11.2. The summed E-state index contributed by atoms with van der Waals surface area (Å²) >= 11 is 1.26. The van der Waals surface area contributed by atoms with Crippen LogP contribution in [0, 0.1) is 10.1 Å². The van der Waals surface area contributed by atoms with Gasteiger partial charge < -0.3 is 15.1 Å². The van der Waals surface area contributed by atoms with E-state index in [1.54, 1.807) is 13.8 Å². The van der Waals surface area contributed by atoms with Crippen LogP contribution < -0.4 is 4.90 Å². The van der Waals surface area contributed by atoms with Crippen molar-refractivity contribution in [3.8, 4) is 0 Å². The molecular weight excluding hydrogens is 280 g/mol. The van der Waals surface area contributed by atoms with E-state index in [4.69, 9.17) is 0 Å². The minimum Gasteiger partial charge on any atom is -0.390 e. The minimum absolute atomic E-state index is 0.0486. The Hall–Kier alpha value is -1.18. The van der Waals surface area contributed by atoms with Gasteiger partial charge in [-0.05, 0) is 33.1 Å². The second kappa shape index (κ2) is 5.67. The number of aliphatic hydroxyl groups is 2. The lowest BCUT2D eigenvalue weighted by Gasteiger charge is -2.22. The Bertz CT molecular complexity index is 499. The van der Waals surface area contributed by atoms with Crippen molar-refractivity contribution < 1.29 is 15.1 Å². The van der Waals surface area contributed by atoms with E-state index < -0.39 is 16.6 Å². The summed E-state index contributed by atoms with van der Waals surface area (Å²) in [5, 5.41) is 31.5. The number of thiophene rings is 1. The van der Waals surface area contributed by atoms with Crippen LogP contribution in [-0.2, 0) is 0 Å². The molecular formula is C13H20N2O4S. The Morgan fingerprint density at radius 3 is 2.80 bits per heavy atom. The van der Waals surface area contributed by atoms with Crippen LogP contribution in [0.5, 0.6) is 0 Å². The van der Waals surface area contributed by atoms with E-state index in [-0.39, 0.29) is 5.69 Å². The third-order valence-corrected chi connectivity index (χ3v) is 5.03. The highest BCUT2D eigenvalue weighted by Crippen LogP contribution is 2.41. The van der Waals surface area contributed by atoms with E-state index in [2.05, 4.69) is 0 Å². The second-order valence-corrected chi connectivity index (χ2v) is 6.67. The molecule has 1 fully saturated rings. The van der Waals surface area contributed by atoms with Crippen LogP contribution in [0.3, 0.4) is 0 Å². The van der Waals surface area contributed by atoms with Crippen LogP contribution >= 0.6 is 11.3 Å². The molecule has 0 radical (unpaired) electrons. The summed E-state index contributed by atoms with van der Waals surface area (Å²) in [4.78, 5) is 13.3. The average Bonchev–Trinajstić information content (AvgIpc) is 2.71. The van der Waals surface area contributed by atoms with Crippen LogP contribution in [0.25, 0.3) is 0 Å². The topological polar surface area (TPSA) is 86.8 Å². The van der Waals surface area contributed by atoms with Crippen molar-refractivity contribution in [2.75, 3.05) is 18.0 Å². The molecule has 1 aliphatic heterocycles. The highest BCUT2D eigenvalue weighted by molar-refractivity contribution is 7.16. The number of aliphatic hydroxyl groups excluding tert-OH is 1. The van der Waals surface area contributed by atoms with Crippen molar-refractivity contribution in [2.45, 2.75) is 44.8 Å². The Morgan fingerprint density at radius 2 is 2.20 bits per heavy atom. The molecule has 2 atom stereocenters. The van der Waals surface area contributed by atoms with Gasteiger partial charge in [0.05, 0.1) is 16.6 Å². The standard InChI is InChI=1S/C13H20N2O4S/c1-9(16)11-8-10(15(18)19)12(20-11)14-6-3-4-13(2,17)5-7-14/h8-9,16-17H,3-7H2,1-2H3/t9-,13?/m0/s1. The summed E-state index contributed by atoms with van der Waals surface area (Å²) in [6, 6.07) is 1.45. The average molecular weight is 300 g/mol. The lowest BCUT2D eigenvalue weighted by atomic mass is 9.98. The maximum absolute atomic E-state index is 11.2. The van der Waals surface area contributed by atoms with Crippen molar-refractivity contribution in [3.63, 3.8) is 0 Å². The quantitative estimate of drug-likeness (QED) is 0.661. The Balaban J connectivity index is 2.29. The SMILES string of the molecule is C[C@H](O)c1cc([N+](=O)[O-])c(N2CCCC(C)(O)CC2)s1. The van der Waals surface area contributed by atoms with Crippen molar-refractivity contribution in [1.29, 1.82) is 0 Å². The fourth-order valence-corrected chi connectivity index (χ4v) is 3.53. The lowest BCUT2D eigenvalue weighted by molar-refractivity contribution is -0.383. The van der Waals surface area contributed by atoms with Gasteiger partial charge in [-0.3, -0.25) is 10.1 Å². The van der Waals surface area contributed by atoms with Crippen LogP contribution in [0.2, 0.25) is 0 Å². The summed E-state index contributed by atoms with van der Waals surface area (Å²) in [6.45, 7) is 4.69. The molecule has 6 nitrogen and oxygen atoms in total. The molecule has 1 saturated heterocycles. The Kier molecular flexibility index (Phi) is 4.31. The predicted molar refractivity (Wildman–Crippen MR) is 78.3 cm³/mol. The summed E-state index contributed by atoms with van der Waals surface area (Å²) in [6.07, 6.45) is 1.38. The van der Waals surface area contributed by atoms with Crippen LogP contribution in [-0.4, -0.2) is 33.8 Å². The van der Waals surface area contributed by atoms with E-state index in [0.717, 1.165) is 6.42 Å². The minimum atomic E-state index is -0.706. The highest BCUT2D eigenvalue weighted by atomic mass is 32.1. The van der Waals surface area contributed by atoms with Crippen LogP contribution in [0.4, 0.5) is 10.7 Å². The van der Waals surface area contributed by atoms with Gasteiger partial charge in [0.2, 0.25) is 0 Å². The van der Waals surface area contributed by atoms with Crippen molar-refractivity contribution >= 4 is 22.0 Å². The van der Waals surface area contributed by atoms with Crippen molar-refractivity contribution in [3.05, 3.63) is 21.1 Å². The zero-order chi connectivity index (χ0) is 14.9. The number of rotatable bonds is 3. The zero-order valence-electron chi connectivity index (χ0n) is 11.7. The molecule has 0 amide bonds. The Labute approximate surface area is 121 Å². The van der Waals surface area contributed by atoms with E-state index in [1.165, 1.54) is 17.4 Å². The monoisotopic (exact) mass is 300 g/mol. The molecule has 1 aromatic rings. The number of nitrogens with zero attached hydrogens (tertiary/aromatic N) is 2. The summed E-state index contributed by atoms with van der Waals surface area (Å²) in [5.41, 5.74) is -0.652. The summed E-state index contributed by atoms with van der Waals surface area (Å²) in [7, 11) is 0.